The third kappa shape index (κ3) is 2.96. The van der Waals surface area contributed by atoms with Crippen molar-refractivity contribution in [3.63, 3.8) is 0 Å². The van der Waals surface area contributed by atoms with Crippen molar-refractivity contribution in [1.82, 2.24) is 0 Å². The highest BCUT2D eigenvalue weighted by atomic mass is 14.3. The highest BCUT2D eigenvalue weighted by molar-refractivity contribution is 4.93. The van der Waals surface area contributed by atoms with Gasteiger partial charge in [-0.05, 0) is 69.1 Å². The van der Waals surface area contributed by atoms with Crippen molar-refractivity contribution in [3.05, 3.63) is 24.8 Å². The molecular weight excluding hydrogens is 180 g/mol. The van der Waals surface area contributed by atoms with Crippen LogP contribution in [0.25, 0.3) is 0 Å². The molecular formula is C15H24. The van der Waals surface area contributed by atoms with Crippen molar-refractivity contribution < 1.29 is 0 Å². The van der Waals surface area contributed by atoms with Crippen LogP contribution in [-0.4, -0.2) is 0 Å². The lowest BCUT2D eigenvalue weighted by Crippen LogP contribution is -2.22. The Morgan fingerprint density at radius 1 is 1.00 bits per heavy atom. The average molecular weight is 204 g/mol. The number of hydrogen-bond acceptors (Lipinski definition) is 0. The lowest BCUT2D eigenvalue weighted by Gasteiger charge is -2.34. The van der Waals surface area contributed by atoms with Crippen LogP contribution < -0.4 is 0 Å². The Kier molecular flexibility index (Phi) is 4.05. The molecule has 0 heteroatoms. The van der Waals surface area contributed by atoms with E-state index < -0.39 is 0 Å². The van der Waals surface area contributed by atoms with Gasteiger partial charge in [-0.25, -0.2) is 0 Å². The minimum Gasteiger partial charge on any atom is -0.103 e. The maximum atomic E-state index is 3.85. The first-order valence-corrected chi connectivity index (χ1v) is 6.66. The van der Waals surface area contributed by atoms with E-state index in [0.717, 1.165) is 17.8 Å². The van der Waals surface area contributed by atoms with Gasteiger partial charge in [0.25, 0.3) is 0 Å². The summed E-state index contributed by atoms with van der Waals surface area (Å²) in [6.45, 7) is 3.85. The van der Waals surface area contributed by atoms with Crippen LogP contribution in [-0.2, 0) is 0 Å². The molecule has 2 aliphatic carbocycles. The van der Waals surface area contributed by atoms with Gasteiger partial charge >= 0.3 is 0 Å². The largest absolute Gasteiger partial charge is 0.103 e. The first-order valence-electron chi connectivity index (χ1n) is 6.66. The van der Waals surface area contributed by atoms with Gasteiger partial charge in [0, 0.05) is 0 Å². The summed E-state index contributed by atoms with van der Waals surface area (Å²) in [5.41, 5.74) is 0. The fourth-order valence-electron chi connectivity index (χ4n) is 3.38. The Morgan fingerprint density at radius 3 is 2.40 bits per heavy atom. The minimum absolute atomic E-state index is 0.956. The Morgan fingerprint density at radius 2 is 1.80 bits per heavy atom. The van der Waals surface area contributed by atoms with E-state index in [1.807, 2.05) is 0 Å². The second-order valence-electron chi connectivity index (χ2n) is 5.35. The minimum atomic E-state index is 0.956. The van der Waals surface area contributed by atoms with Gasteiger partial charge in [0.1, 0.15) is 0 Å². The SMILES string of the molecule is C=CCC1CCC(C2CC=CCC2)CC1. The number of allylic oxidation sites excluding steroid dienone is 3. The predicted octanol–water partition coefficient (Wildman–Crippen LogP) is 4.73. The van der Waals surface area contributed by atoms with Crippen molar-refractivity contribution in [2.45, 2.75) is 51.4 Å². The predicted molar refractivity (Wildman–Crippen MR) is 66.7 cm³/mol. The van der Waals surface area contributed by atoms with Crippen molar-refractivity contribution in [1.29, 1.82) is 0 Å². The van der Waals surface area contributed by atoms with Crippen LogP contribution in [0.5, 0.6) is 0 Å². The molecule has 1 saturated carbocycles. The van der Waals surface area contributed by atoms with Gasteiger partial charge in [-0.2, -0.15) is 0 Å². The molecule has 0 radical (unpaired) electrons. The van der Waals surface area contributed by atoms with Crippen LogP contribution >= 0.6 is 0 Å². The molecule has 0 aromatic heterocycles. The fraction of sp³-hybridized carbons (Fsp3) is 0.733. The van der Waals surface area contributed by atoms with Crippen molar-refractivity contribution in [2.75, 3.05) is 0 Å². The maximum Gasteiger partial charge on any atom is -0.0319 e. The summed E-state index contributed by atoms with van der Waals surface area (Å²) in [5.74, 6) is 3.01. The number of rotatable bonds is 3. The molecule has 0 N–H and O–H groups in total. The van der Waals surface area contributed by atoms with Crippen LogP contribution in [0, 0.1) is 17.8 Å². The lowest BCUT2D eigenvalue weighted by molar-refractivity contribution is 0.194. The van der Waals surface area contributed by atoms with Crippen LogP contribution in [0.4, 0.5) is 0 Å². The van der Waals surface area contributed by atoms with Crippen LogP contribution in [0.1, 0.15) is 51.4 Å². The van der Waals surface area contributed by atoms with E-state index >= 15 is 0 Å². The molecule has 0 aromatic carbocycles. The molecule has 0 spiro atoms. The van der Waals surface area contributed by atoms with E-state index in [4.69, 9.17) is 0 Å². The van der Waals surface area contributed by atoms with E-state index in [9.17, 15) is 0 Å². The number of hydrogen-bond donors (Lipinski definition) is 0. The zero-order chi connectivity index (χ0) is 10.5. The average Bonchev–Trinajstić information content (AvgIpc) is 2.32. The van der Waals surface area contributed by atoms with Crippen molar-refractivity contribution >= 4 is 0 Å². The summed E-state index contributed by atoms with van der Waals surface area (Å²) < 4.78 is 0. The van der Waals surface area contributed by atoms with E-state index in [1.54, 1.807) is 0 Å². The van der Waals surface area contributed by atoms with E-state index in [2.05, 4.69) is 24.8 Å². The summed E-state index contributed by atoms with van der Waals surface area (Å²) in [4.78, 5) is 0. The normalized spacial score (nSPS) is 36.4. The molecule has 1 fully saturated rings. The maximum absolute atomic E-state index is 3.85. The summed E-state index contributed by atoms with van der Waals surface area (Å²) in [6, 6.07) is 0. The topological polar surface area (TPSA) is 0 Å². The summed E-state index contributed by atoms with van der Waals surface area (Å²) in [5, 5.41) is 0. The Labute approximate surface area is 94.5 Å². The second-order valence-corrected chi connectivity index (χ2v) is 5.35. The van der Waals surface area contributed by atoms with Gasteiger partial charge in [0.15, 0.2) is 0 Å². The molecule has 0 bridgehead atoms. The summed E-state index contributed by atoms with van der Waals surface area (Å²) in [6.07, 6.45) is 18.1. The van der Waals surface area contributed by atoms with Crippen LogP contribution in [0.2, 0.25) is 0 Å². The van der Waals surface area contributed by atoms with Gasteiger partial charge < -0.3 is 0 Å². The zero-order valence-electron chi connectivity index (χ0n) is 9.83. The van der Waals surface area contributed by atoms with E-state index in [1.165, 1.54) is 51.4 Å². The highest BCUT2D eigenvalue weighted by Crippen LogP contribution is 2.39. The van der Waals surface area contributed by atoms with Gasteiger partial charge in [-0.3, -0.25) is 0 Å². The molecule has 0 heterocycles. The molecule has 1 atom stereocenters. The Balaban J connectivity index is 1.77. The monoisotopic (exact) mass is 204 g/mol. The molecule has 84 valence electrons. The van der Waals surface area contributed by atoms with Crippen molar-refractivity contribution in [3.8, 4) is 0 Å². The molecule has 15 heavy (non-hydrogen) atoms. The Bertz CT molecular complexity index is 218. The third-order valence-electron chi connectivity index (χ3n) is 4.37. The van der Waals surface area contributed by atoms with E-state index in [-0.39, 0.29) is 0 Å². The van der Waals surface area contributed by atoms with Gasteiger partial charge in [0.05, 0.1) is 0 Å². The lowest BCUT2D eigenvalue weighted by atomic mass is 9.72. The first kappa shape index (κ1) is 11.0. The quantitative estimate of drug-likeness (QED) is 0.583. The van der Waals surface area contributed by atoms with Crippen LogP contribution in [0.15, 0.2) is 24.8 Å². The molecule has 0 aromatic rings. The van der Waals surface area contributed by atoms with E-state index in [0.29, 0.717) is 0 Å². The molecule has 0 amide bonds. The standard InChI is InChI=1S/C15H24/c1-2-6-13-9-11-15(12-10-13)14-7-4-3-5-8-14/h2-4,13-15H,1,5-12H2. The summed E-state index contributed by atoms with van der Waals surface area (Å²) in [7, 11) is 0. The van der Waals surface area contributed by atoms with Crippen LogP contribution in [0.3, 0.4) is 0 Å². The molecule has 2 rings (SSSR count). The molecule has 0 nitrogen and oxygen atoms in total. The smallest absolute Gasteiger partial charge is 0.0319 e. The fourth-order valence-corrected chi connectivity index (χ4v) is 3.38. The molecule has 1 unspecified atom stereocenters. The van der Waals surface area contributed by atoms with Crippen molar-refractivity contribution in [2.24, 2.45) is 17.8 Å². The zero-order valence-corrected chi connectivity index (χ0v) is 9.83. The molecule has 0 aliphatic heterocycles. The molecule has 0 saturated heterocycles. The first-order chi connectivity index (χ1) is 7.40. The second kappa shape index (κ2) is 5.53. The highest BCUT2D eigenvalue weighted by Gasteiger charge is 2.26. The van der Waals surface area contributed by atoms with Gasteiger partial charge in [-0.15, -0.1) is 6.58 Å². The van der Waals surface area contributed by atoms with Gasteiger partial charge in [-0.1, -0.05) is 18.2 Å². The Hall–Kier alpha value is -0.520. The molecule has 2 aliphatic rings. The summed E-state index contributed by atoms with van der Waals surface area (Å²) >= 11 is 0. The third-order valence-corrected chi connectivity index (χ3v) is 4.37. The van der Waals surface area contributed by atoms with Gasteiger partial charge in [0.2, 0.25) is 0 Å².